The van der Waals surface area contributed by atoms with Crippen LogP contribution in [0.3, 0.4) is 0 Å². The van der Waals surface area contributed by atoms with Gasteiger partial charge in [-0.15, -0.1) is 0 Å². The largest absolute Gasteiger partial charge is 0.398 e. The van der Waals surface area contributed by atoms with Crippen LogP contribution in [0.15, 0.2) is 45.0 Å². The number of nitrogen functional groups attached to an aromatic ring is 1. The van der Waals surface area contributed by atoms with E-state index in [-0.39, 0.29) is 5.02 Å². The van der Waals surface area contributed by atoms with Crippen LogP contribution in [0.25, 0.3) is 0 Å². The molecular formula is C10H8ClN3OS. The Hall–Kier alpha value is -1.46. The standard InChI is InChI=1S/C10H8ClN3OS/c11-9-8(5-13-14-10(9)15)16-7-4-2-1-3-6(7)12/h1-5H,12H2,(H,14,15). The van der Waals surface area contributed by atoms with Crippen LogP contribution in [-0.4, -0.2) is 10.2 Å². The maximum atomic E-state index is 11.2. The van der Waals surface area contributed by atoms with Crippen molar-refractivity contribution in [1.82, 2.24) is 10.2 Å². The number of halogens is 1. The molecule has 0 atom stereocenters. The smallest absolute Gasteiger partial charge is 0.284 e. The normalized spacial score (nSPS) is 10.3. The van der Waals surface area contributed by atoms with Gasteiger partial charge in [-0.2, -0.15) is 5.10 Å². The van der Waals surface area contributed by atoms with E-state index in [1.54, 1.807) is 6.07 Å². The monoisotopic (exact) mass is 253 g/mol. The topological polar surface area (TPSA) is 71.8 Å². The highest BCUT2D eigenvalue weighted by Crippen LogP contribution is 2.33. The molecule has 0 saturated heterocycles. The first kappa shape index (κ1) is 11.0. The molecule has 0 unspecified atom stereocenters. The van der Waals surface area contributed by atoms with E-state index in [0.717, 1.165) is 4.90 Å². The maximum Gasteiger partial charge on any atom is 0.284 e. The van der Waals surface area contributed by atoms with Crippen molar-refractivity contribution in [3.05, 3.63) is 45.8 Å². The summed E-state index contributed by atoms with van der Waals surface area (Å²) in [5, 5.41) is 6.07. The van der Waals surface area contributed by atoms with Crippen LogP contribution in [0.2, 0.25) is 5.02 Å². The quantitative estimate of drug-likeness (QED) is 0.805. The summed E-state index contributed by atoms with van der Waals surface area (Å²) in [6.07, 6.45) is 1.50. The molecule has 4 nitrogen and oxygen atoms in total. The number of hydrogen-bond acceptors (Lipinski definition) is 4. The van der Waals surface area contributed by atoms with E-state index >= 15 is 0 Å². The lowest BCUT2D eigenvalue weighted by Gasteiger charge is -2.04. The van der Waals surface area contributed by atoms with Gasteiger partial charge in [0.15, 0.2) is 0 Å². The zero-order chi connectivity index (χ0) is 11.5. The summed E-state index contributed by atoms with van der Waals surface area (Å²) < 4.78 is 0. The minimum absolute atomic E-state index is 0.128. The summed E-state index contributed by atoms with van der Waals surface area (Å²) in [7, 11) is 0. The average Bonchev–Trinajstić information content (AvgIpc) is 2.28. The molecule has 3 N–H and O–H groups in total. The first-order valence-corrected chi connectivity index (χ1v) is 5.63. The lowest BCUT2D eigenvalue weighted by molar-refractivity contribution is 0.956. The highest BCUT2D eigenvalue weighted by atomic mass is 35.5. The number of aromatic nitrogens is 2. The third-order valence-corrected chi connectivity index (χ3v) is 3.51. The molecule has 0 saturated carbocycles. The number of rotatable bonds is 2. The summed E-state index contributed by atoms with van der Waals surface area (Å²) in [4.78, 5) is 12.7. The summed E-state index contributed by atoms with van der Waals surface area (Å²) in [5.41, 5.74) is 6.03. The zero-order valence-electron chi connectivity index (χ0n) is 8.11. The van der Waals surface area contributed by atoms with Gasteiger partial charge in [-0.05, 0) is 12.1 Å². The number of nitrogens with one attached hydrogen (secondary N) is 1. The van der Waals surface area contributed by atoms with Crippen LogP contribution in [0.1, 0.15) is 0 Å². The van der Waals surface area contributed by atoms with Crippen molar-refractivity contribution in [2.75, 3.05) is 5.73 Å². The highest BCUT2D eigenvalue weighted by Gasteiger charge is 2.08. The molecule has 0 radical (unpaired) electrons. The van der Waals surface area contributed by atoms with E-state index in [4.69, 9.17) is 17.3 Å². The van der Waals surface area contributed by atoms with E-state index in [9.17, 15) is 4.79 Å². The predicted octanol–water partition coefficient (Wildman–Crippen LogP) is 2.16. The summed E-state index contributed by atoms with van der Waals surface area (Å²) in [6, 6.07) is 7.36. The summed E-state index contributed by atoms with van der Waals surface area (Å²) in [6.45, 7) is 0. The van der Waals surface area contributed by atoms with Crippen LogP contribution in [0.4, 0.5) is 5.69 Å². The SMILES string of the molecule is Nc1ccccc1Sc1cn[nH]c(=O)c1Cl. The van der Waals surface area contributed by atoms with Gasteiger partial charge in [0.25, 0.3) is 5.56 Å². The second-order valence-electron chi connectivity index (χ2n) is 3.02. The fourth-order valence-corrected chi connectivity index (χ4v) is 2.19. The van der Waals surface area contributed by atoms with Crippen molar-refractivity contribution >= 4 is 29.1 Å². The van der Waals surface area contributed by atoms with Crippen molar-refractivity contribution < 1.29 is 0 Å². The molecule has 1 aromatic heterocycles. The number of anilines is 1. The fourth-order valence-electron chi connectivity index (χ4n) is 1.13. The minimum atomic E-state index is -0.402. The predicted molar refractivity (Wildman–Crippen MR) is 64.8 cm³/mol. The van der Waals surface area contributed by atoms with Crippen LogP contribution in [0, 0.1) is 0 Å². The first-order valence-electron chi connectivity index (χ1n) is 4.44. The molecule has 0 bridgehead atoms. The Bertz CT molecular complexity index is 570. The molecule has 16 heavy (non-hydrogen) atoms. The van der Waals surface area contributed by atoms with E-state index in [2.05, 4.69) is 10.2 Å². The second-order valence-corrected chi connectivity index (χ2v) is 4.48. The van der Waals surface area contributed by atoms with Gasteiger partial charge < -0.3 is 5.73 Å². The molecule has 1 aromatic carbocycles. The Morgan fingerprint density at radius 1 is 1.31 bits per heavy atom. The molecule has 0 aliphatic heterocycles. The number of nitrogens with zero attached hydrogens (tertiary/aromatic N) is 1. The van der Waals surface area contributed by atoms with E-state index in [0.29, 0.717) is 10.6 Å². The van der Waals surface area contributed by atoms with Gasteiger partial charge in [0.2, 0.25) is 0 Å². The van der Waals surface area contributed by atoms with Gasteiger partial charge >= 0.3 is 0 Å². The van der Waals surface area contributed by atoms with Crippen molar-refractivity contribution in [3.8, 4) is 0 Å². The van der Waals surface area contributed by atoms with E-state index < -0.39 is 5.56 Å². The van der Waals surface area contributed by atoms with Crippen LogP contribution in [0.5, 0.6) is 0 Å². The lowest BCUT2D eigenvalue weighted by atomic mass is 10.3. The number of H-pyrrole nitrogens is 1. The fraction of sp³-hybridized carbons (Fsp3) is 0. The van der Waals surface area contributed by atoms with Gasteiger partial charge in [-0.3, -0.25) is 4.79 Å². The zero-order valence-corrected chi connectivity index (χ0v) is 9.68. The molecule has 2 rings (SSSR count). The van der Waals surface area contributed by atoms with Crippen LogP contribution >= 0.6 is 23.4 Å². The average molecular weight is 254 g/mol. The molecule has 0 spiro atoms. The molecule has 0 fully saturated rings. The highest BCUT2D eigenvalue weighted by molar-refractivity contribution is 7.99. The Labute approximate surface area is 101 Å². The van der Waals surface area contributed by atoms with Crippen LogP contribution in [-0.2, 0) is 0 Å². The van der Waals surface area contributed by atoms with Crippen molar-refractivity contribution in [2.45, 2.75) is 9.79 Å². The third kappa shape index (κ3) is 2.20. The van der Waals surface area contributed by atoms with Gasteiger partial charge in [-0.1, -0.05) is 35.5 Å². The maximum absolute atomic E-state index is 11.2. The third-order valence-electron chi connectivity index (χ3n) is 1.90. The van der Waals surface area contributed by atoms with Crippen molar-refractivity contribution in [2.24, 2.45) is 0 Å². The van der Waals surface area contributed by atoms with Crippen molar-refractivity contribution in [3.63, 3.8) is 0 Å². The lowest BCUT2D eigenvalue weighted by Crippen LogP contribution is -2.08. The molecule has 2 aromatic rings. The number of hydrogen-bond donors (Lipinski definition) is 2. The molecule has 0 aliphatic carbocycles. The molecule has 1 heterocycles. The number of para-hydroxylation sites is 1. The molecule has 6 heteroatoms. The Morgan fingerprint density at radius 3 is 2.81 bits per heavy atom. The molecule has 0 aliphatic rings. The molecule has 0 amide bonds. The van der Waals surface area contributed by atoms with Gasteiger partial charge in [0, 0.05) is 10.6 Å². The molecule has 82 valence electrons. The Kier molecular flexibility index (Phi) is 3.17. The summed E-state index contributed by atoms with van der Waals surface area (Å²) in [5.74, 6) is 0. The minimum Gasteiger partial charge on any atom is -0.398 e. The van der Waals surface area contributed by atoms with E-state index in [1.807, 2.05) is 18.2 Å². The van der Waals surface area contributed by atoms with Gasteiger partial charge in [0.1, 0.15) is 5.02 Å². The van der Waals surface area contributed by atoms with Crippen molar-refractivity contribution in [1.29, 1.82) is 0 Å². The van der Waals surface area contributed by atoms with Gasteiger partial charge in [0.05, 0.1) is 11.1 Å². The Morgan fingerprint density at radius 2 is 2.06 bits per heavy atom. The summed E-state index contributed by atoms with van der Waals surface area (Å²) >= 11 is 7.17. The second kappa shape index (κ2) is 4.59. The number of nitrogens with two attached hydrogens (primary N) is 1. The van der Waals surface area contributed by atoms with Gasteiger partial charge in [-0.25, -0.2) is 5.10 Å². The van der Waals surface area contributed by atoms with E-state index in [1.165, 1.54) is 18.0 Å². The van der Waals surface area contributed by atoms with Crippen LogP contribution < -0.4 is 11.3 Å². The molecular weight excluding hydrogens is 246 g/mol. The number of aromatic amines is 1. The first-order chi connectivity index (χ1) is 7.68. The Balaban J connectivity index is 2.38. The number of benzene rings is 1.